The molecule has 0 aliphatic carbocycles. The quantitative estimate of drug-likeness (QED) is 0.643. The van der Waals surface area contributed by atoms with Crippen LogP contribution in [0.2, 0.25) is 5.02 Å². The lowest BCUT2D eigenvalue weighted by Crippen LogP contribution is -2.19. The number of amides is 1. The number of nitrogens with zero attached hydrogens (tertiary/aromatic N) is 2. The molecule has 0 bridgehead atoms. The molecular weight excluding hydrogens is 382 g/mol. The van der Waals surface area contributed by atoms with Crippen molar-refractivity contribution < 1.29 is 18.7 Å². The molecule has 0 fully saturated rings. The number of hydrogen-bond donors (Lipinski definition) is 1. The first-order valence-corrected chi connectivity index (χ1v) is 8.95. The average molecular weight is 396 g/mol. The molecule has 0 unspecified atom stereocenters. The minimum atomic E-state index is -0.561. The number of benzene rings is 1. The second-order valence-electron chi connectivity index (χ2n) is 5.19. The summed E-state index contributed by atoms with van der Waals surface area (Å²) in [4.78, 5) is 39.6. The van der Waals surface area contributed by atoms with Crippen LogP contribution in [0.3, 0.4) is 0 Å². The Bertz CT molecular complexity index is 1020. The summed E-state index contributed by atoms with van der Waals surface area (Å²) in [6, 6.07) is 4.84. The number of aryl methyl sites for hydroxylation is 1. The highest BCUT2D eigenvalue weighted by Gasteiger charge is 2.15. The fourth-order valence-electron chi connectivity index (χ4n) is 2.28. The molecule has 136 valence electrons. The van der Waals surface area contributed by atoms with Crippen LogP contribution in [0, 0.1) is 0 Å². The number of rotatable bonds is 6. The van der Waals surface area contributed by atoms with E-state index < -0.39 is 11.7 Å². The molecule has 26 heavy (non-hydrogen) atoms. The number of anilines is 1. The van der Waals surface area contributed by atoms with Gasteiger partial charge in [-0.1, -0.05) is 11.6 Å². The minimum absolute atomic E-state index is 0.0332. The number of ether oxygens (including phenoxy) is 1. The molecule has 2 heterocycles. The van der Waals surface area contributed by atoms with Gasteiger partial charge < -0.3 is 14.5 Å². The lowest BCUT2D eigenvalue weighted by atomic mass is 10.3. The molecule has 3 rings (SSSR count). The van der Waals surface area contributed by atoms with E-state index in [0.29, 0.717) is 16.1 Å². The number of halogens is 1. The molecule has 0 aliphatic heterocycles. The van der Waals surface area contributed by atoms with Crippen LogP contribution in [0.4, 0.5) is 5.13 Å². The lowest BCUT2D eigenvalue weighted by molar-refractivity contribution is -0.116. The van der Waals surface area contributed by atoms with Crippen LogP contribution in [0.5, 0.6) is 0 Å². The molecule has 2 aromatic heterocycles. The maximum atomic E-state index is 12.1. The summed E-state index contributed by atoms with van der Waals surface area (Å²) in [5, 5.41) is 4.84. The van der Waals surface area contributed by atoms with Gasteiger partial charge in [-0.15, -0.1) is 11.3 Å². The standard InChI is InChI=1S/C16H14ClN3O5S/c1-2-24-14(22)10-8-26-15(18-10)19-13(21)5-6-20-11-4-3-9(17)7-12(11)25-16(20)23/h3-4,7-8H,2,5-6H2,1H3,(H,18,19,21). The molecule has 0 saturated heterocycles. The molecule has 1 aromatic carbocycles. The van der Waals surface area contributed by atoms with Crippen molar-refractivity contribution in [3.8, 4) is 0 Å². The molecule has 1 amide bonds. The van der Waals surface area contributed by atoms with Gasteiger partial charge in [0.1, 0.15) is 0 Å². The summed E-state index contributed by atoms with van der Waals surface area (Å²) in [6.45, 7) is 2.08. The van der Waals surface area contributed by atoms with E-state index in [4.69, 9.17) is 20.8 Å². The predicted octanol–water partition coefficient (Wildman–Crippen LogP) is 2.91. The van der Waals surface area contributed by atoms with Gasteiger partial charge >= 0.3 is 11.7 Å². The molecule has 3 aromatic rings. The molecule has 0 spiro atoms. The van der Waals surface area contributed by atoms with Gasteiger partial charge in [-0.25, -0.2) is 14.6 Å². The van der Waals surface area contributed by atoms with Gasteiger partial charge in [-0.05, 0) is 19.1 Å². The topological polar surface area (TPSA) is 103 Å². The summed E-state index contributed by atoms with van der Waals surface area (Å²) >= 11 is 6.99. The van der Waals surface area contributed by atoms with Gasteiger partial charge in [0, 0.05) is 29.4 Å². The highest BCUT2D eigenvalue weighted by atomic mass is 35.5. The Morgan fingerprint density at radius 1 is 1.42 bits per heavy atom. The fourth-order valence-corrected chi connectivity index (χ4v) is 3.14. The zero-order valence-electron chi connectivity index (χ0n) is 13.7. The van der Waals surface area contributed by atoms with Crippen molar-refractivity contribution in [2.24, 2.45) is 0 Å². The zero-order chi connectivity index (χ0) is 18.7. The molecule has 0 aliphatic rings. The van der Waals surface area contributed by atoms with E-state index in [1.807, 2.05) is 0 Å². The Hall–Kier alpha value is -2.65. The Morgan fingerprint density at radius 3 is 3.00 bits per heavy atom. The molecule has 0 atom stereocenters. The van der Waals surface area contributed by atoms with Gasteiger partial charge in [0.15, 0.2) is 16.4 Å². The van der Waals surface area contributed by atoms with E-state index in [-0.39, 0.29) is 36.3 Å². The number of esters is 1. The fraction of sp³-hybridized carbons (Fsp3) is 0.250. The van der Waals surface area contributed by atoms with Gasteiger partial charge in [0.25, 0.3) is 0 Å². The predicted molar refractivity (Wildman–Crippen MR) is 96.8 cm³/mol. The third-order valence-electron chi connectivity index (χ3n) is 3.43. The number of carbonyl (C=O) groups excluding carboxylic acids is 2. The van der Waals surface area contributed by atoms with E-state index in [2.05, 4.69) is 10.3 Å². The number of nitrogens with one attached hydrogen (secondary N) is 1. The van der Waals surface area contributed by atoms with Gasteiger partial charge in [-0.3, -0.25) is 9.36 Å². The second kappa shape index (κ2) is 7.71. The number of carbonyl (C=O) groups is 2. The van der Waals surface area contributed by atoms with Gasteiger partial charge in [0.2, 0.25) is 5.91 Å². The molecular formula is C16H14ClN3O5S. The van der Waals surface area contributed by atoms with Crippen molar-refractivity contribution in [3.63, 3.8) is 0 Å². The number of thiazole rings is 1. The smallest absolute Gasteiger partial charge is 0.419 e. The van der Waals surface area contributed by atoms with Crippen molar-refractivity contribution in [1.29, 1.82) is 0 Å². The van der Waals surface area contributed by atoms with Crippen molar-refractivity contribution in [3.05, 3.63) is 44.8 Å². The number of hydrogen-bond acceptors (Lipinski definition) is 7. The van der Waals surface area contributed by atoms with Crippen LogP contribution in [-0.4, -0.2) is 28.0 Å². The molecule has 1 N–H and O–H groups in total. The van der Waals surface area contributed by atoms with E-state index in [1.54, 1.807) is 25.1 Å². The van der Waals surface area contributed by atoms with E-state index in [1.165, 1.54) is 9.95 Å². The van der Waals surface area contributed by atoms with Crippen LogP contribution in [0.15, 0.2) is 32.8 Å². The van der Waals surface area contributed by atoms with Gasteiger partial charge in [-0.2, -0.15) is 0 Å². The SMILES string of the molecule is CCOC(=O)c1csc(NC(=O)CCn2c(=O)oc3cc(Cl)ccc32)n1. The van der Waals surface area contributed by atoms with Crippen molar-refractivity contribution in [1.82, 2.24) is 9.55 Å². The molecule has 0 saturated carbocycles. The largest absolute Gasteiger partial charge is 0.461 e. The highest BCUT2D eigenvalue weighted by molar-refractivity contribution is 7.14. The van der Waals surface area contributed by atoms with Crippen LogP contribution >= 0.6 is 22.9 Å². The van der Waals surface area contributed by atoms with E-state index in [0.717, 1.165) is 11.3 Å². The summed E-state index contributed by atoms with van der Waals surface area (Å²) in [5.41, 5.74) is 1.06. The Morgan fingerprint density at radius 2 is 2.23 bits per heavy atom. The highest BCUT2D eigenvalue weighted by Crippen LogP contribution is 2.19. The number of fused-ring (bicyclic) bond motifs is 1. The van der Waals surface area contributed by atoms with Crippen LogP contribution in [0.25, 0.3) is 11.1 Å². The maximum absolute atomic E-state index is 12.1. The van der Waals surface area contributed by atoms with Crippen molar-refractivity contribution in [2.75, 3.05) is 11.9 Å². The number of oxazole rings is 1. The van der Waals surface area contributed by atoms with E-state index in [9.17, 15) is 14.4 Å². The second-order valence-corrected chi connectivity index (χ2v) is 6.48. The summed E-state index contributed by atoms with van der Waals surface area (Å²) in [5.74, 6) is -1.45. The van der Waals surface area contributed by atoms with Crippen molar-refractivity contribution >= 4 is 51.0 Å². The van der Waals surface area contributed by atoms with Crippen molar-refractivity contribution in [2.45, 2.75) is 19.9 Å². The Labute approximate surface area is 156 Å². The van der Waals surface area contributed by atoms with Crippen LogP contribution in [-0.2, 0) is 16.1 Å². The monoisotopic (exact) mass is 395 g/mol. The third kappa shape index (κ3) is 3.94. The first-order valence-electron chi connectivity index (χ1n) is 7.69. The third-order valence-corrected chi connectivity index (χ3v) is 4.42. The Balaban J connectivity index is 1.64. The lowest BCUT2D eigenvalue weighted by Gasteiger charge is -2.03. The van der Waals surface area contributed by atoms with E-state index >= 15 is 0 Å². The van der Waals surface area contributed by atoms with Gasteiger partial charge in [0.05, 0.1) is 12.1 Å². The number of aromatic nitrogens is 2. The minimum Gasteiger partial charge on any atom is -0.461 e. The first-order chi connectivity index (χ1) is 12.5. The Kier molecular flexibility index (Phi) is 5.38. The summed E-state index contributed by atoms with van der Waals surface area (Å²) in [6.07, 6.45) is 0.0332. The molecule has 0 radical (unpaired) electrons. The zero-order valence-corrected chi connectivity index (χ0v) is 15.2. The summed E-state index contributed by atoms with van der Waals surface area (Å²) < 4.78 is 11.3. The summed E-state index contributed by atoms with van der Waals surface area (Å²) in [7, 11) is 0. The normalized spacial score (nSPS) is 10.8. The average Bonchev–Trinajstić information content (AvgIpc) is 3.16. The van der Waals surface area contributed by atoms with Crippen LogP contribution < -0.4 is 11.1 Å². The molecule has 8 nitrogen and oxygen atoms in total. The first kappa shape index (κ1) is 18.2. The molecule has 10 heteroatoms. The maximum Gasteiger partial charge on any atom is 0.419 e. The van der Waals surface area contributed by atoms with Crippen LogP contribution in [0.1, 0.15) is 23.8 Å².